The van der Waals surface area contributed by atoms with Gasteiger partial charge in [0, 0.05) is 51.2 Å². The highest BCUT2D eigenvalue weighted by atomic mass is 19.1. The number of carbonyl (C=O) groups excluding carboxylic acids is 1. The van der Waals surface area contributed by atoms with E-state index >= 15 is 0 Å². The minimum Gasteiger partial charge on any atom is -0.369 e. The number of carbonyl (C=O) groups is 1. The number of aromatic nitrogens is 2. The molecule has 0 saturated carbocycles. The summed E-state index contributed by atoms with van der Waals surface area (Å²) in [7, 11) is 0. The molecule has 3 rings (SSSR count). The third kappa shape index (κ3) is 4.51. The third-order valence-corrected chi connectivity index (χ3v) is 4.43. The Bertz CT molecular complexity index is 714. The van der Waals surface area contributed by atoms with E-state index in [0.29, 0.717) is 17.8 Å². The van der Waals surface area contributed by atoms with Gasteiger partial charge in [-0.15, -0.1) is 0 Å². The van der Waals surface area contributed by atoms with Crippen molar-refractivity contribution in [3.63, 3.8) is 0 Å². The maximum absolute atomic E-state index is 13.0. The molecule has 1 fully saturated rings. The Morgan fingerprint density at radius 1 is 1.20 bits per heavy atom. The van der Waals surface area contributed by atoms with E-state index in [0.717, 1.165) is 38.4 Å². The van der Waals surface area contributed by atoms with Crippen LogP contribution in [0.2, 0.25) is 0 Å². The van der Waals surface area contributed by atoms with Crippen LogP contribution in [0.3, 0.4) is 0 Å². The summed E-state index contributed by atoms with van der Waals surface area (Å²) in [5, 5.41) is 2.92. The molecule has 0 unspecified atom stereocenters. The lowest BCUT2D eigenvalue weighted by Crippen LogP contribution is -2.48. The quantitative estimate of drug-likeness (QED) is 0.891. The van der Waals surface area contributed by atoms with Crippen molar-refractivity contribution in [2.24, 2.45) is 0 Å². The summed E-state index contributed by atoms with van der Waals surface area (Å²) >= 11 is 0. The largest absolute Gasteiger partial charge is 0.369 e. The number of nitrogens with one attached hydrogen (secondary N) is 1. The molecule has 1 N–H and O–H groups in total. The minimum atomic E-state index is -0.211. The van der Waals surface area contributed by atoms with E-state index in [-0.39, 0.29) is 11.7 Å². The number of hydrogen-bond donors (Lipinski definition) is 1. The van der Waals surface area contributed by atoms with Crippen LogP contribution in [0.4, 0.5) is 10.1 Å². The van der Waals surface area contributed by atoms with Gasteiger partial charge < -0.3 is 10.2 Å². The van der Waals surface area contributed by atoms with E-state index in [1.807, 2.05) is 12.1 Å². The number of rotatable bonds is 5. The summed E-state index contributed by atoms with van der Waals surface area (Å²) in [6, 6.07) is 6.62. The Morgan fingerprint density at radius 3 is 2.60 bits per heavy atom. The number of hydrogen-bond acceptors (Lipinski definition) is 5. The summed E-state index contributed by atoms with van der Waals surface area (Å²) in [5.74, 6) is -0.347. The molecule has 7 heteroatoms. The average molecular weight is 343 g/mol. The molecular formula is C18H22FN5O. The molecule has 1 amide bonds. The van der Waals surface area contributed by atoms with Gasteiger partial charge in [0.1, 0.15) is 12.1 Å². The monoisotopic (exact) mass is 343 g/mol. The lowest BCUT2D eigenvalue weighted by Gasteiger charge is -2.36. The van der Waals surface area contributed by atoms with Crippen LogP contribution in [-0.4, -0.2) is 60.0 Å². The zero-order valence-corrected chi connectivity index (χ0v) is 14.3. The van der Waals surface area contributed by atoms with Gasteiger partial charge in [-0.2, -0.15) is 0 Å². The lowest BCUT2D eigenvalue weighted by molar-refractivity contribution is 0.0946. The summed E-state index contributed by atoms with van der Waals surface area (Å²) in [6.07, 6.45) is 2.98. The first kappa shape index (κ1) is 17.3. The van der Waals surface area contributed by atoms with Crippen molar-refractivity contribution in [1.29, 1.82) is 0 Å². The average Bonchev–Trinajstić information content (AvgIpc) is 2.63. The SMILES string of the molecule is Cc1ncncc1C(=O)NCCN1CCN(c2ccc(F)cc2)CC1. The van der Waals surface area contributed by atoms with E-state index in [1.165, 1.54) is 18.5 Å². The van der Waals surface area contributed by atoms with Crippen molar-refractivity contribution in [3.8, 4) is 0 Å². The van der Waals surface area contributed by atoms with Crippen LogP contribution < -0.4 is 10.2 Å². The molecule has 1 aliphatic rings. The van der Waals surface area contributed by atoms with E-state index in [4.69, 9.17) is 0 Å². The van der Waals surface area contributed by atoms with E-state index in [1.54, 1.807) is 13.1 Å². The van der Waals surface area contributed by atoms with Crippen LogP contribution in [0, 0.1) is 12.7 Å². The highest BCUT2D eigenvalue weighted by Crippen LogP contribution is 2.16. The van der Waals surface area contributed by atoms with Gasteiger partial charge in [-0.3, -0.25) is 9.69 Å². The Morgan fingerprint density at radius 2 is 1.92 bits per heavy atom. The second-order valence-electron chi connectivity index (χ2n) is 6.08. The molecule has 1 aromatic carbocycles. The number of anilines is 1. The zero-order valence-electron chi connectivity index (χ0n) is 14.3. The summed E-state index contributed by atoms with van der Waals surface area (Å²) < 4.78 is 13.0. The smallest absolute Gasteiger partial charge is 0.254 e. The van der Waals surface area contributed by atoms with Crippen LogP contribution >= 0.6 is 0 Å². The molecule has 1 aliphatic heterocycles. The van der Waals surface area contributed by atoms with Crippen LogP contribution in [-0.2, 0) is 0 Å². The second kappa shape index (κ2) is 8.02. The summed E-state index contributed by atoms with van der Waals surface area (Å²) in [6.45, 7) is 6.81. The molecule has 6 nitrogen and oxygen atoms in total. The van der Waals surface area contributed by atoms with Crippen molar-refractivity contribution in [1.82, 2.24) is 20.2 Å². The Labute approximate surface area is 146 Å². The fourth-order valence-corrected chi connectivity index (χ4v) is 2.92. The molecule has 1 aromatic heterocycles. The fraction of sp³-hybridized carbons (Fsp3) is 0.389. The van der Waals surface area contributed by atoms with Gasteiger partial charge in [0.25, 0.3) is 5.91 Å². The molecule has 2 aromatic rings. The van der Waals surface area contributed by atoms with E-state index in [9.17, 15) is 9.18 Å². The Kier molecular flexibility index (Phi) is 5.55. The van der Waals surface area contributed by atoms with E-state index in [2.05, 4.69) is 25.1 Å². The maximum Gasteiger partial charge on any atom is 0.254 e. The number of benzene rings is 1. The third-order valence-electron chi connectivity index (χ3n) is 4.43. The fourth-order valence-electron chi connectivity index (χ4n) is 2.92. The predicted molar refractivity (Wildman–Crippen MR) is 94.2 cm³/mol. The van der Waals surface area contributed by atoms with Gasteiger partial charge in [0.2, 0.25) is 0 Å². The van der Waals surface area contributed by atoms with Gasteiger partial charge in [-0.05, 0) is 31.2 Å². The lowest BCUT2D eigenvalue weighted by atomic mass is 10.2. The van der Waals surface area contributed by atoms with Crippen molar-refractivity contribution < 1.29 is 9.18 Å². The molecule has 0 aliphatic carbocycles. The number of nitrogens with zero attached hydrogens (tertiary/aromatic N) is 4. The van der Waals surface area contributed by atoms with Crippen molar-refractivity contribution in [2.75, 3.05) is 44.2 Å². The second-order valence-corrected chi connectivity index (χ2v) is 6.08. The van der Waals surface area contributed by atoms with Gasteiger partial charge in [-0.25, -0.2) is 14.4 Å². The molecule has 0 bridgehead atoms. The molecule has 0 radical (unpaired) electrons. The highest BCUT2D eigenvalue weighted by Gasteiger charge is 2.17. The molecule has 1 saturated heterocycles. The van der Waals surface area contributed by atoms with Gasteiger partial charge in [-0.1, -0.05) is 0 Å². The normalized spacial score (nSPS) is 15.2. The van der Waals surface area contributed by atoms with Crippen LogP contribution in [0.1, 0.15) is 16.1 Å². The standard InChI is InChI=1S/C18H22FN5O/c1-14-17(12-20-13-22-14)18(25)21-6-7-23-8-10-24(11-9-23)16-4-2-15(19)3-5-16/h2-5,12-13H,6-11H2,1H3,(H,21,25). The number of amides is 1. The van der Waals surface area contributed by atoms with Crippen molar-refractivity contribution in [2.45, 2.75) is 6.92 Å². The maximum atomic E-state index is 13.0. The summed E-state index contributed by atoms with van der Waals surface area (Å²) in [5.41, 5.74) is 2.25. The predicted octanol–water partition coefficient (Wildman–Crippen LogP) is 1.48. The van der Waals surface area contributed by atoms with Crippen molar-refractivity contribution in [3.05, 3.63) is 53.9 Å². The van der Waals surface area contributed by atoms with Gasteiger partial charge >= 0.3 is 0 Å². The minimum absolute atomic E-state index is 0.136. The zero-order chi connectivity index (χ0) is 17.6. The van der Waals surface area contributed by atoms with Gasteiger partial charge in [0.05, 0.1) is 11.3 Å². The molecule has 0 atom stereocenters. The summed E-state index contributed by atoms with van der Waals surface area (Å²) in [4.78, 5) is 24.6. The topological polar surface area (TPSA) is 61.4 Å². The first-order valence-electron chi connectivity index (χ1n) is 8.41. The van der Waals surface area contributed by atoms with Gasteiger partial charge in [0.15, 0.2) is 0 Å². The van der Waals surface area contributed by atoms with Crippen molar-refractivity contribution >= 4 is 11.6 Å². The molecular weight excluding hydrogens is 321 g/mol. The number of halogens is 1. The van der Waals surface area contributed by atoms with E-state index < -0.39 is 0 Å². The number of aryl methyl sites for hydroxylation is 1. The Balaban J connectivity index is 1.41. The molecule has 132 valence electrons. The molecule has 2 heterocycles. The first-order chi connectivity index (χ1) is 12.1. The van der Waals surface area contributed by atoms with Crippen LogP contribution in [0.5, 0.6) is 0 Å². The number of piperazine rings is 1. The van der Waals surface area contributed by atoms with Crippen LogP contribution in [0.15, 0.2) is 36.8 Å². The van der Waals surface area contributed by atoms with Crippen LogP contribution in [0.25, 0.3) is 0 Å². The highest BCUT2D eigenvalue weighted by molar-refractivity contribution is 5.94. The molecule has 0 spiro atoms. The molecule has 25 heavy (non-hydrogen) atoms. The Hall–Kier alpha value is -2.54. The first-order valence-corrected chi connectivity index (χ1v) is 8.41.